The van der Waals surface area contributed by atoms with Gasteiger partial charge in [0.05, 0.1) is 24.7 Å². The first-order valence-electron chi connectivity index (χ1n) is 11.0. The van der Waals surface area contributed by atoms with Crippen LogP contribution in [0, 0.1) is 22.7 Å². The molecule has 4 N–H and O–H groups in total. The Bertz CT molecular complexity index is 1030. The number of aromatic nitrogens is 1. The molecule has 8 nitrogen and oxygen atoms in total. The molecule has 172 valence electrons. The summed E-state index contributed by atoms with van der Waals surface area (Å²) in [4.78, 5) is 24.3. The molecule has 8 heteroatoms. The largest absolute Gasteiger partial charge is 0.496 e. The number of nitrogens with one attached hydrogen (secondary N) is 2. The molecule has 0 bridgehead atoms. The Balaban J connectivity index is 1.94. The third kappa shape index (κ3) is 5.22. The second-order valence-electron chi connectivity index (χ2n) is 9.68. The predicted octanol–water partition coefficient (Wildman–Crippen LogP) is 2.73. The van der Waals surface area contributed by atoms with E-state index in [0.717, 1.165) is 23.7 Å². The fourth-order valence-electron chi connectivity index (χ4n) is 4.56. The molecule has 0 saturated carbocycles. The summed E-state index contributed by atoms with van der Waals surface area (Å²) in [6.07, 6.45) is 1.97. The van der Waals surface area contributed by atoms with E-state index in [9.17, 15) is 14.9 Å². The zero-order valence-electron chi connectivity index (χ0n) is 19.3. The lowest BCUT2D eigenvalue weighted by atomic mass is 9.87. The number of hydrogen-bond donors (Lipinski definition) is 3. The molecular formula is C24H33N5O3. The molecule has 0 unspecified atom stereocenters. The summed E-state index contributed by atoms with van der Waals surface area (Å²) in [6, 6.07) is 9.17. The molecule has 1 saturated heterocycles. The van der Waals surface area contributed by atoms with Gasteiger partial charge >= 0.3 is 0 Å². The van der Waals surface area contributed by atoms with Gasteiger partial charge in [-0.2, -0.15) is 5.26 Å². The number of nitrogens with two attached hydrogens (primary N) is 1. The first kappa shape index (κ1) is 23.6. The average Bonchev–Trinajstić information content (AvgIpc) is 3.32. The van der Waals surface area contributed by atoms with Crippen LogP contribution in [0.2, 0.25) is 0 Å². The van der Waals surface area contributed by atoms with E-state index in [-0.39, 0.29) is 23.3 Å². The monoisotopic (exact) mass is 439 g/mol. The number of amides is 2. The molecule has 2 aromatic rings. The van der Waals surface area contributed by atoms with Crippen molar-refractivity contribution in [1.29, 1.82) is 5.26 Å². The minimum Gasteiger partial charge on any atom is -0.496 e. The molecule has 32 heavy (non-hydrogen) atoms. The van der Waals surface area contributed by atoms with Gasteiger partial charge in [-0.25, -0.2) is 0 Å². The van der Waals surface area contributed by atoms with Gasteiger partial charge in [-0.05, 0) is 42.9 Å². The van der Waals surface area contributed by atoms with Gasteiger partial charge in [-0.15, -0.1) is 0 Å². The smallest absolute Gasteiger partial charge is 0.265 e. The molecule has 1 aliphatic heterocycles. The Morgan fingerprint density at radius 1 is 1.44 bits per heavy atom. The highest BCUT2D eigenvalue weighted by Gasteiger charge is 2.30. The Morgan fingerprint density at radius 2 is 2.19 bits per heavy atom. The molecule has 1 aromatic carbocycles. The number of methoxy groups -OCH3 is 1. The Morgan fingerprint density at radius 3 is 2.75 bits per heavy atom. The highest BCUT2D eigenvalue weighted by Crippen LogP contribution is 2.35. The van der Waals surface area contributed by atoms with Crippen molar-refractivity contribution < 1.29 is 14.3 Å². The summed E-state index contributed by atoms with van der Waals surface area (Å²) in [6.45, 7) is 7.54. The first-order valence-corrected chi connectivity index (χ1v) is 11.0. The second kappa shape index (κ2) is 9.61. The molecule has 0 spiro atoms. The average molecular weight is 440 g/mol. The van der Waals surface area contributed by atoms with Gasteiger partial charge in [0.2, 0.25) is 5.91 Å². The fourth-order valence-corrected chi connectivity index (χ4v) is 4.56. The van der Waals surface area contributed by atoms with Crippen LogP contribution >= 0.6 is 0 Å². The molecule has 2 heterocycles. The highest BCUT2D eigenvalue weighted by molar-refractivity contribution is 5.99. The standard InChI is InChI=1S/C24H33N5O3/c1-24(2,3)12-17(14-28-16(13-25)10-15-8-9-27-23(15)31)29-19-6-5-7-21(32-4)18(19)11-20(29)22(26)30/h5-7,11,15-17,28H,8-10,12,14H2,1-4H3,(H2,26,30)(H,27,31)/t15-,16-,17-/m0/s1. The number of hydrogen-bond acceptors (Lipinski definition) is 5. The molecule has 1 aliphatic rings. The molecular weight excluding hydrogens is 406 g/mol. The fraction of sp³-hybridized carbons (Fsp3) is 0.542. The minimum atomic E-state index is -0.512. The number of primary amides is 1. The molecule has 1 aromatic heterocycles. The number of carbonyl (C=O) groups is 2. The van der Waals surface area contributed by atoms with E-state index in [2.05, 4.69) is 37.5 Å². The maximum atomic E-state index is 12.4. The van der Waals surface area contributed by atoms with Crippen molar-refractivity contribution in [2.24, 2.45) is 17.1 Å². The normalized spacial score (nSPS) is 18.2. The van der Waals surface area contributed by atoms with E-state index < -0.39 is 11.9 Å². The third-order valence-electron chi connectivity index (χ3n) is 5.97. The van der Waals surface area contributed by atoms with E-state index in [0.29, 0.717) is 31.0 Å². The zero-order chi connectivity index (χ0) is 23.5. The number of benzene rings is 1. The zero-order valence-corrected chi connectivity index (χ0v) is 19.3. The lowest BCUT2D eigenvalue weighted by Gasteiger charge is -2.30. The van der Waals surface area contributed by atoms with E-state index in [4.69, 9.17) is 10.5 Å². The van der Waals surface area contributed by atoms with Gasteiger partial charge in [0.25, 0.3) is 5.91 Å². The number of fused-ring (bicyclic) bond motifs is 1. The van der Waals surface area contributed by atoms with Gasteiger partial charge in [0, 0.05) is 30.4 Å². The maximum absolute atomic E-state index is 12.4. The van der Waals surface area contributed by atoms with Crippen LogP contribution in [-0.2, 0) is 4.79 Å². The van der Waals surface area contributed by atoms with Gasteiger partial charge in [0.1, 0.15) is 11.4 Å². The second-order valence-corrected chi connectivity index (χ2v) is 9.68. The van der Waals surface area contributed by atoms with Crippen LogP contribution in [0.1, 0.15) is 56.6 Å². The number of nitriles is 1. The molecule has 1 fully saturated rings. The van der Waals surface area contributed by atoms with E-state index >= 15 is 0 Å². The van der Waals surface area contributed by atoms with Crippen molar-refractivity contribution in [2.75, 3.05) is 20.2 Å². The molecule has 3 atom stereocenters. The van der Waals surface area contributed by atoms with Crippen molar-refractivity contribution in [3.63, 3.8) is 0 Å². The number of ether oxygens (including phenoxy) is 1. The third-order valence-corrected chi connectivity index (χ3v) is 5.97. The summed E-state index contributed by atoms with van der Waals surface area (Å²) >= 11 is 0. The molecule has 0 radical (unpaired) electrons. The highest BCUT2D eigenvalue weighted by atomic mass is 16.5. The van der Waals surface area contributed by atoms with E-state index in [1.807, 2.05) is 22.8 Å². The van der Waals surface area contributed by atoms with Gasteiger partial charge in [-0.3, -0.25) is 14.9 Å². The van der Waals surface area contributed by atoms with Crippen LogP contribution in [0.3, 0.4) is 0 Å². The van der Waals surface area contributed by atoms with Crippen molar-refractivity contribution in [1.82, 2.24) is 15.2 Å². The van der Waals surface area contributed by atoms with Crippen LogP contribution in [-0.4, -0.2) is 42.6 Å². The summed E-state index contributed by atoms with van der Waals surface area (Å²) < 4.78 is 7.46. The SMILES string of the molecule is COc1cccc2c1cc(C(N)=O)n2[C@H](CN[C@H](C#N)C[C@@H]1CCNC1=O)CC(C)(C)C. The van der Waals surface area contributed by atoms with Crippen molar-refractivity contribution in [3.05, 3.63) is 30.0 Å². The number of rotatable bonds is 9. The van der Waals surface area contributed by atoms with Gasteiger partial charge in [0.15, 0.2) is 0 Å². The van der Waals surface area contributed by atoms with Crippen LogP contribution in [0.15, 0.2) is 24.3 Å². The van der Waals surface area contributed by atoms with Crippen LogP contribution < -0.4 is 21.1 Å². The Kier molecular flexibility index (Phi) is 7.09. The van der Waals surface area contributed by atoms with Crippen LogP contribution in [0.25, 0.3) is 10.9 Å². The first-order chi connectivity index (χ1) is 15.1. The molecule has 2 amide bonds. The topological polar surface area (TPSA) is 122 Å². The van der Waals surface area contributed by atoms with Crippen LogP contribution in [0.5, 0.6) is 5.75 Å². The van der Waals surface area contributed by atoms with Gasteiger partial charge in [-0.1, -0.05) is 26.8 Å². The van der Waals surface area contributed by atoms with Crippen molar-refractivity contribution in [3.8, 4) is 11.8 Å². The Hall–Kier alpha value is -3.05. The minimum absolute atomic E-state index is 0.0119. The lowest BCUT2D eigenvalue weighted by molar-refractivity contribution is -0.122. The summed E-state index contributed by atoms with van der Waals surface area (Å²) in [5, 5.41) is 16.7. The Labute approximate surface area is 189 Å². The quantitative estimate of drug-likeness (QED) is 0.554. The van der Waals surface area contributed by atoms with E-state index in [1.165, 1.54) is 0 Å². The van der Waals surface area contributed by atoms with Gasteiger partial charge < -0.3 is 20.4 Å². The van der Waals surface area contributed by atoms with Crippen molar-refractivity contribution >= 4 is 22.7 Å². The lowest BCUT2D eigenvalue weighted by Crippen LogP contribution is -2.38. The molecule has 3 rings (SSSR count). The number of carbonyl (C=O) groups excluding carboxylic acids is 2. The number of nitrogens with zero attached hydrogens (tertiary/aromatic N) is 2. The van der Waals surface area contributed by atoms with E-state index in [1.54, 1.807) is 13.2 Å². The summed E-state index contributed by atoms with van der Waals surface area (Å²) in [7, 11) is 1.60. The molecule has 0 aliphatic carbocycles. The summed E-state index contributed by atoms with van der Waals surface area (Å²) in [5.74, 6) is 0.0267. The predicted molar refractivity (Wildman–Crippen MR) is 123 cm³/mol. The maximum Gasteiger partial charge on any atom is 0.265 e. The van der Waals surface area contributed by atoms with Crippen molar-refractivity contribution in [2.45, 2.75) is 52.1 Å². The summed E-state index contributed by atoms with van der Waals surface area (Å²) in [5.41, 5.74) is 6.99. The van der Waals surface area contributed by atoms with Crippen LogP contribution in [0.4, 0.5) is 0 Å².